The third-order valence-corrected chi connectivity index (χ3v) is 3.94. The molecule has 0 fully saturated rings. The van der Waals surface area contributed by atoms with Crippen LogP contribution in [0.25, 0.3) is 5.52 Å². The van der Waals surface area contributed by atoms with E-state index in [1.807, 2.05) is 29.0 Å². The van der Waals surface area contributed by atoms with Crippen LogP contribution in [0.1, 0.15) is 17.2 Å². The van der Waals surface area contributed by atoms with Crippen molar-refractivity contribution in [1.82, 2.24) is 9.61 Å². The highest BCUT2D eigenvalue weighted by Crippen LogP contribution is 2.21. The second-order valence-electron chi connectivity index (χ2n) is 4.57. The first kappa shape index (κ1) is 12.6. The Bertz CT molecular complexity index is 688. The lowest BCUT2D eigenvalue weighted by molar-refractivity contribution is 0.727. The van der Waals surface area contributed by atoms with Gasteiger partial charge >= 0.3 is 0 Å². The van der Waals surface area contributed by atoms with E-state index in [4.69, 9.17) is 5.73 Å². The third-order valence-electron chi connectivity index (χ3n) is 3.22. The van der Waals surface area contributed by atoms with Gasteiger partial charge in [-0.3, -0.25) is 0 Å². The molecule has 0 amide bonds. The number of hydrogen-bond donors (Lipinski definition) is 1. The average molecular weight is 363 g/mol. The monoisotopic (exact) mass is 363 g/mol. The summed E-state index contributed by atoms with van der Waals surface area (Å²) in [6, 6.07) is 14.5. The van der Waals surface area contributed by atoms with E-state index >= 15 is 0 Å². The maximum absolute atomic E-state index is 6.32. The van der Waals surface area contributed by atoms with E-state index in [0.717, 1.165) is 17.5 Å². The van der Waals surface area contributed by atoms with Gasteiger partial charge in [0, 0.05) is 21.4 Å². The molecule has 0 bridgehead atoms. The van der Waals surface area contributed by atoms with Crippen molar-refractivity contribution in [3.8, 4) is 0 Å². The van der Waals surface area contributed by atoms with Crippen molar-refractivity contribution in [2.45, 2.75) is 12.5 Å². The fraction of sp³-hybridized carbons (Fsp3) is 0.133. The lowest BCUT2D eigenvalue weighted by Crippen LogP contribution is -2.13. The van der Waals surface area contributed by atoms with E-state index in [-0.39, 0.29) is 6.04 Å². The summed E-state index contributed by atoms with van der Waals surface area (Å²) < 4.78 is 3.11. The van der Waals surface area contributed by atoms with Crippen molar-refractivity contribution in [3.05, 3.63) is 69.6 Å². The lowest BCUT2D eigenvalue weighted by atomic mass is 10.0. The van der Waals surface area contributed by atoms with Crippen molar-refractivity contribution in [2.24, 2.45) is 5.73 Å². The second-order valence-corrected chi connectivity index (χ2v) is 5.81. The Balaban J connectivity index is 1.87. The molecule has 1 unspecified atom stereocenters. The van der Waals surface area contributed by atoms with Gasteiger partial charge in [0.05, 0.1) is 11.7 Å². The molecule has 96 valence electrons. The zero-order chi connectivity index (χ0) is 13.2. The summed E-state index contributed by atoms with van der Waals surface area (Å²) in [5, 5.41) is 4.33. The first-order valence-corrected chi connectivity index (χ1v) is 7.24. The van der Waals surface area contributed by atoms with E-state index in [2.05, 4.69) is 58.0 Å². The normalized spacial score (nSPS) is 12.7. The van der Waals surface area contributed by atoms with Crippen LogP contribution in [0.3, 0.4) is 0 Å². The Kier molecular flexibility index (Phi) is 3.52. The number of fused-ring (bicyclic) bond motifs is 1. The summed E-state index contributed by atoms with van der Waals surface area (Å²) in [5.41, 5.74) is 9.75. The Morgan fingerprint density at radius 2 is 1.95 bits per heavy atom. The maximum atomic E-state index is 6.32. The fourth-order valence-electron chi connectivity index (χ4n) is 2.22. The average Bonchev–Trinajstić information content (AvgIpc) is 2.85. The van der Waals surface area contributed by atoms with E-state index < -0.39 is 0 Å². The molecule has 19 heavy (non-hydrogen) atoms. The molecule has 3 aromatic rings. The minimum Gasteiger partial charge on any atom is -0.324 e. The Morgan fingerprint density at radius 1 is 1.16 bits per heavy atom. The van der Waals surface area contributed by atoms with Gasteiger partial charge in [-0.1, -0.05) is 18.2 Å². The van der Waals surface area contributed by atoms with Gasteiger partial charge in [0.25, 0.3) is 0 Å². The van der Waals surface area contributed by atoms with Gasteiger partial charge in [-0.15, -0.1) is 0 Å². The summed E-state index contributed by atoms with van der Waals surface area (Å²) in [5.74, 6) is 0. The summed E-state index contributed by atoms with van der Waals surface area (Å²) in [4.78, 5) is 0. The smallest absolute Gasteiger partial charge is 0.0709 e. The standard InChI is InChI=1S/C15H14IN3/c16-12-6-4-11(5-7-12)9-14(17)13-10-18-19-8-2-1-3-15(13)19/h1-8,10,14H,9,17H2. The van der Waals surface area contributed by atoms with Crippen LogP contribution >= 0.6 is 22.6 Å². The number of hydrogen-bond acceptors (Lipinski definition) is 2. The first-order chi connectivity index (χ1) is 9.24. The zero-order valence-corrected chi connectivity index (χ0v) is 12.5. The molecule has 3 rings (SSSR count). The molecule has 2 heterocycles. The van der Waals surface area contributed by atoms with E-state index in [9.17, 15) is 0 Å². The van der Waals surface area contributed by atoms with Gasteiger partial charge in [0.15, 0.2) is 0 Å². The molecule has 2 aromatic heterocycles. The number of halogens is 1. The number of nitrogens with two attached hydrogens (primary N) is 1. The van der Waals surface area contributed by atoms with Gasteiger partial charge in [-0.05, 0) is 58.8 Å². The van der Waals surface area contributed by atoms with Crippen LogP contribution in [-0.2, 0) is 6.42 Å². The van der Waals surface area contributed by atoms with Gasteiger partial charge in [0.2, 0.25) is 0 Å². The van der Waals surface area contributed by atoms with Crippen molar-refractivity contribution >= 4 is 28.1 Å². The molecule has 1 aromatic carbocycles. The highest BCUT2D eigenvalue weighted by atomic mass is 127. The van der Waals surface area contributed by atoms with Gasteiger partial charge < -0.3 is 5.73 Å². The van der Waals surface area contributed by atoms with Crippen molar-refractivity contribution < 1.29 is 0 Å². The van der Waals surface area contributed by atoms with E-state index in [0.29, 0.717) is 0 Å². The molecule has 0 saturated carbocycles. The third kappa shape index (κ3) is 2.64. The summed E-state index contributed by atoms with van der Waals surface area (Å²) in [7, 11) is 0. The van der Waals surface area contributed by atoms with Crippen LogP contribution in [0.2, 0.25) is 0 Å². The minimum absolute atomic E-state index is 0.0278. The topological polar surface area (TPSA) is 43.3 Å². The zero-order valence-electron chi connectivity index (χ0n) is 10.3. The molecular weight excluding hydrogens is 349 g/mol. The SMILES string of the molecule is NC(Cc1ccc(I)cc1)c1cnn2ccccc12. The van der Waals surface area contributed by atoms with Crippen molar-refractivity contribution in [2.75, 3.05) is 0 Å². The van der Waals surface area contributed by atoms with Crippen LogP contribution in [0.4, 0.5) is 0 Å². The number of aromatic nitrogens is 2. The molecule has 2 N–H and O–H groups in total. The van der Waals surface area contributed by atoms with Gasteiger partial charge in [0.1, 0.15) is 0 Å². The number of benzene rings is 1. The molecule has 0 aliphatic rings. The minimum atomic E-state index is -0.0278. The quantitative estimate of drug-likeness (QED) is 0.727. The molecule has 0 aliphatic heterocycles. The summed E-state index contributed by atoms with van der Waals surface area (Å²) in [6.45, 7) is 0. The van der Waals surface area contributed by atoms with Crippen LogP contribution in [-0.4, -0.2) is 9.61 Å². The predicted molar refractivity (Wildman–Crippen MR) is 85.0 cm³/mol. The molecule has 0 spiro atoms. The number of pyridine rings is 1. The van der Waals surface area contributed by atoms with Crippen LogP contribution in [0.5, 0.6) is 0 Å². The van der Waals surface area contributed by atoms with Gasteiger partial charge in [-0.2, -0.15) is 5.10 Å². The molecule has 0 aliphatic carbocycles. The van der Waals surface area contributed by atoms with Crippen molar-refractivity contribution in [3.63, 3.8) is 0 Å². The molecular formula is C15H14IN3. The first-order valence-electron chi connectivity index (χ1n) is 6.16. The lowest BCUT2D eigenvalue weighted by Gasteiger charge is -2.10. The summed E-state index contributed by atoms with van der Waals surface area (Å²) >= 11 is 2.31. The van der Waals surface area contributed by atoms with Gasteiger partial charge in [-0.25, -0.2) is 4.52 Å². The van der Waals surface area contributed by atoms with E-state index in [1.165, 1.54) is 9.13 Å². The number of rotatable bonds is 3. The highest BCUT2D eigenvalue weighted by Gasteiger charge is 2.12. The largest absolute Gasteiger partial charge is 0.324 e. The number of nitrogens with zero attached hydrogens (tertiary/aromatic N) is 2. The molecule has 0 radical (unpaired) electrons. The maximum Gasteiger partial charge on any atom is 0.0709 e. The molecule has 3 nitrogen and oxygen atoms in total. The Hall–Kier alpha value is -1.40. The second kappa shape index (κ2) is 5.30. The molecule has 0 saturated heterocycles. The summed E-state index contributed by atoms with van der Waals surface area (Å²) in [6.07, 6.45) is 4.64. The molecule has 1 atom stereocenters. The van der Waals surface area contributed by atoms with Crippen LogP contribution < -0.4 is 5.73 Å². The predicted octanol–water partition coefficient (Wildman–Crippen LogP) is 3.18. The highest BCUT2D eigenvalue weighted by molar-refractivity contribution is 14.1. The fourth-order valence-corrected chi connectivity index (χ4v) is 2.58. The molecule has 4 heteroatoms. The van der Waals surface area contributed by atoms with Crippen molar-refractivity contribution in [1.29, 1.82) is 0 Å². The Morgan fingerprint density at radius 3 is 2.74 bits per heavy atom. The Labute approximate surface area is 125 Å². The van der Waals surface area contributed by atoms with E-state index in [1.54, 1.807) is 0 Å². The van der Waals surface area contributed by atoms with Crippen LogP contribution in [0, 0.1) is 3.57 Å². The van der Waals surface area contributed by atoms with Crippen LogP contribution in [0.15, 0.2) is 54.9 Å².